The van der Waals surface area contributed by atoms with Crippen LogP contribution in [0.15, 0.2) is 67.5 Å². The molecular formula is C35H61N5S. The molecule has 4 N–H and O–H groups in total. The number of benzene rings is 1. The SMILES string of the molecule is C=C(CNC)N1CCCC1C.C=CCCCCCCCN.C=CNCc1ccc(-c2scnc2C)cc1.CC(C)C. The minimum atomic E-state index is 0.704. The Morgan fingerprint density at radius 1 is 1.12 bits per heavy atom. The van der Waals surface area contributed by atoms with Crippen molar-refractivity contribution < 1.29 is 0 Å². The summed E-state index contributed by atoms with van der Waals surface area (Å²) >= 11 is 1.68. The number of aryl methyl sites for hydroxylation is 1. The third kappa shape index (κ3) is 19.4. The predicted octanol–water partition coefficient (Wildman–Crippen LogP) is 8.69. The van der Waals surface area contributed by atoms with Gasteiger partial charge < -0.3 is 21.3 Å². The predicted molar refractivity (Wildman–Crippen MR) is 185 cm³/mol. The van der Waals surface area contributed by atoms with E-state index in [2.05, 4.69) is 92.2 Å². The third-order valence-corrected chi connectivity index (χ3v) is 7.34. The van der Waals surface area contributed by atoms with E-state index in [1.54, 1.807) is 17.5 Å². The molecule has 1 aromatic carbocycles. The minimum Gasteiger partial charge on any atom is -0.387 e. The van der Waals surface area contributed by atoms with Gasteiger partial charge in [0.1, 0.15) is 0 Å². The van der Waals surface area contributed by atoms with Crippen molar-refractivity contribution in [2.24, 2.45) is 11.7 Å². The van der Waals surface area contributed by atoms with Crippen molar-refractivity contribution in [2.45, 2.75) is 98.6 Å². The van der Waals surface area contributed by atoms with Gasteiger partial charge >= 0.3 is 0 Å². The monoisotopic (exact) mass is 583 g/mol. The first-order valence-corrected chi connectivity index (χ1v) is 16.3. The van der Waals surface area contributed by atoms with E-state index in [9.17, 15) is 0 Å². The Labute approximate surface area is 257 Å². The molecule has 1 saturated heterocycles. The molecular weight excluding hydrogens is 522 g/mol. The van der Waals surface area contributed by atoms with Crippen molar-refractivity contribution >= 4 is 11.3 Å². The molecule has 1 atom stereocenters. The number of hydrogen-bond acceptors (Lipinski definition) is 6. The molecule has 0 spiro atoms. The number of allylic oxidation sites excluding steroid dienone is 1. The van der Waals surface area contributed by atoms with E-state index in [-0.39, 0.29) is 0 Å². The Morgan fingerprint density at radius 2 is 1.76 bits per heavy atom. The normalized spacial score (nSPS) is 13.7. The molecule has 1 aliphatic heterocycles. The average molecular weight is 584 g/mol. The van der Waals surface area contributed by atoms with E-state index in [0.717, 1.165) is 31.2 Å². The van der Waals surface area contributed by atoms with Crippen molar-refractivity contribution in [3.05, 3.63) is 78.7 Å². The topological polar surface area (TPSA) is 66.2 Å². The van der Waals surface area contributed by atoms with Crippen molar-refractivity contribution in [3.8, 4) is 10.4 Å². The van der Waals surface area contributed by atoms with E-state index < -0.39 is 0 Å². The third-order valence-electron chi connectivity index (χ3n) is 6.36. The van der Waals surface area contributed by atoms with E-state index in [4.69, 9.17) is 5.73 Å². The van der Waals surface area contributed by atoms with E-state index >= 15 is 0 Å². The van der Waals surface area contributed by atoms with Crippen LogP contribution in [-0.4, -0.2) is 42.6 Å². The van der Waals surface area contributed by atoms with Gasteiger partial charge in [-0.2, -0.15) is 0 Å². The second kappa shape index (κ2) is 25.3. The van der Waals surface area contributed by atoms with E-state index in [1.165, 1.54) is 79.6 Å². The van der Waals surface area contributed by atoms with Crippen LogP contribution in [-0.2, 0) is 6.54 Å². The zero-order valence-electron chi connectivity index (χ0n) is 27.2. The fraction of sp³-hybridized carbons (Fsp3) is 0.571. The van der Waals surface area contributed by atoms with Gasteiger partial charge in [0.2, 0.25) is 0 Å². The lowest BCUT2D eigenvalue weighted by Crippen LogP contribution is -2.30. The summed E-state index contributed by atoms with van der Waals surface area (Å²) in [5.74, 6) is 0.833. The van der Waals surface area contributed by atoms with Gasteiger partial charge in [-0.25, -0.2) is 4.98 Å². The lowest BCUT2D eigenvalue weighted by molar-refractivity contribution is 0.333. The Kier molecular flexibility index (Phi) is 23.8. The van der Waals surface area contributed by atoms with Crippen molar-refractivity contribution in [1.29, 1.82) is 0 Å². The maximum Gasteiger partial charge on any atom is 0.0801 e. The highest BCUT2D eigenvalue weighted by Crippen LogP contribution is 2.27. The Morgan fingerprint density at radius 3 is 2.24 bits per heavy atom. The number of thiazole rings is 1. The van der Waals surface area contributed by atoms with Crippen LogP contribution in [0.3, 0.4) is 0 Å². The van der Waals surface area contributed by atoms with Gasteiger partial charge in [-0.1, -0.05) is 83.5 Å². The highest BCUT2D eigenvalue weighted by molar-refractivity contribution is 7.13. The number of nitrogens with one attached hydrogen (secondary N) is 2. The molecule has 0 aliphatic carbocycles. The Hall–Kier alpha value is -2.41. The number of likely N-dealkylation sites (tertiary alicyclic amines) is 1. The smallest absolute Gasteiger partial charge is 0.0801 e. The standard InChI is InChI=1S/C13H14N2S.C9H18N2.C9H19N.C4H10/c1-3-14-8-11-4-6-12(7-5-11)13-10(2)15-9-16-13;1-8-5-4-6-11(8)9(2)7-10-3;1-2-3-4-5-6-7-8-9-10;1-4(2)3/h3-7,9,14H,1,8H2,2H3;8,10H,2,4-7H2,1,3H3;2H,1,3-10H2;4H,1-3H3. The Balaban J connectivity index is 0.000000567. The van der Waals surface area contributed by atoms with Crippen LogP contribution < -0.4 is 16.4 Å². The zero-order chi connectivity index (χ0) is 30.9. The van der Waals surface area contributed by atoms with Gasteiger partial charge in [-0.15, -0.1) is 17.9 Å². The average Bonchev–Trinajstić information content (AvgIpc) is 3.58. The number of unbranched alkanes of at least 4 members (excludes halogenated alkanes) is 5. The van der Waals surface area contributed by atoms with Crippen LogP contribution in [0.25, 0.3) is 10.4 Å². The number of nitrogens with two attached hydrogens (primary N) is 1. The van der Waals surface area contributed by atoms with Gasteiger partial charge in [0.15, 0.2) is 0 Å². The summed E-state index contributed by atoms with van der Waals surface area (Å²) in [7, 11) is 1.96. The first-order chi connectivity index (χ1) is 19.7. The minimum absolute atomic E-state index is 0.704. The molecule has 0 bridgehead atoms. The van der Waals surface area contributed by atoms with Gasteiger partial charge in [0, 0.05) is 31.4 Å². The quantitative estimate of drug-likeness (QED) is 0.153. The van der Waals surface area contributed by atoms with E-state index in [1.807, 2.05) is 25.6 Å². The van der Waals surface area contributed by atoms with Gasteiger partial charge in [0.25, 0.3) is 0 Å². The van der Waals surface area contributed by atoms with E-state index in [0.29, 0.717) is 6.04 Å². The molecule has 3 rings (SSSR count). The van der Waals surface area contributed by atoms with Crippen LogP contribution in [0.2, 0.25) is 0 Å². The fourth-order valence-corrected chi connectivity index (χ4v) is 5.03. The largest absolute Gasteiger partial charge is 0.387 e. The molecule has 1 unspecified atom stereocenters. The molecule has 1 aliphatic rings. The van der Waals surface area contributed by atoms with Crippen molar-refractivity contribution in [2.75, 3.05) is 26.7 Å². The molecule has 6 heteroatoms. The van der Waals surface area contributed by atoms with Crippen LogP contribution in [0.5, 0.6) is 0 Å². The maximum atomic E-state index is 5.35. The van der Waals surface area contributed by atoms with Gasteiger partial charge in [-0.3, -0.25) is 0 Å². The van der Waals surface area contributed by atoms with Crippen LogP contribution in [0, 0.1) is 12.8 Å². The number of rotatable bonds is 14. The molecule has 41 heavy (non-hydrogen) atoms. The molecule has 232 valence electrons. The second-order valence-electron chi connectivity index (χ2n) is 11.2. The summed E-state index contributed by atoms with van der Waals surface area (Å²) in [6.07, 6.45) is 14.0. The van der Waals surface area contributed by atoms with Crippen molar-refractivity contribution in [3.63, 3.8) is 0 Å². The molecule has 5 nitrogen and oxygen atoms in total. The number of aromatic nitrogens is 1. The summed E-state index contributed by atoms with van der Waals surface area (Å²) in [5.41, 5.74) is 12.1. The van der Waals surface area contributed by atoms with Crippen LogP contribution in [0.4, 0.5) is 0 Å². The maximum absolute atomic E-state index is 5.35. The lowest BCUT2D eigenvalue weighted by Gasteiger charge is -2.25. The molecule has 1 aromatic heterocycles. The first kappa shape index (κ1) is 38.6. The molecule has 2 heterocycles. The highest BCUT2D eigenvalue weighted by atomic mass is 32.1. The summed E-state index contributed by atoms with van der Waals surface area (Å²) in [5, 5.41) is 6.21. The second-order valence-corrected chi connectivity index (χ2v) is 12.1. The number of nitrogens with zero attached hydrogens (tertiary/aromatic N) is 2. The zero-order valence-corrected chi connectivity index (χ0v) is 28.0. The van der Waals surface area contributed by atoms with Crippen LogP contribution in [0.1, 0.15) is 90.3 Å². The molecule has 0 radical (unpaired) electrons. The number of likely N-dealkylation sites (N-methyl/N-ethyl adjacent to an activating group) is 1. The first-order valence-electron chi connectivity index (χ1n) is 15.4. The summed E-state index contributed by atoms with van der Waals surface area (Å²) < 4.78 is 0. The van der Waals surface area contributed by atoms with Crippen molar-refractivity contribution in [1.82, 2.24) is 20.5 Å². The summed E-state index contributed by atoms with van der Waals surface area (Å²) in [6.45, 7) is 25.9. The fourth-order valence-electron chi connectivity index (χ4n) is 4.21. The number of hydrogen-bond donors (Lipinski definition) is 3. The highest BCUT2D eigenvalue weighted by Gasteiger charge is 2.20. The van der Waals surface area contributed by atoms with Gasteiger partial charge in [-0.05, 0) is 82.8 Å². The summed E-state index contributed by atoms with van der Waals surface area (Å²) in [4.78, 5) is 7.91. The van der Waals surface area contributed by atoms with Crippen LogP contribution >= 0.6 is 11.3 Å². The molecule has 0 saturated carbocycles. The Bertz CT molecular complexity index is 916. The molecule has 0 amide bonds. The molecule has 1 fully saturated rings. The summed E-state index contributed by atoms with van der Waals surface area (Å²) in [6, 6.07) is 9.24. The van der Waals surface area contributed by atoms with Gasteiger partial charge in [0.05, 0.1) is 16.1 Å². The molecule has 2 aromatic rings. The lowest BCUT2D eigenvalue weighted by atomic mass is 10.1.